The number of hydrogen-bond acceptors (Lipinski definition) is 5. The average molecular weight is 566 g/mol. The first kappa shape index (κ1) is 27.4. The van der Waals surface area contributed by atoms with Crippen molar-refractivity contribution in [3.8, 4) is 22.4 Å². The molecule has 1 aliphatic rings. The van der Waals surface area contributed by atoms with Crippen molar-refractivity contribution in [2.45, 2.75) is 45.8 Å². The van der Waals surface area contributed by atoms with E-state index < -0.39 is 11.4 Å². The Labute approximate surface area is 243 Å². The van der Waals surface area contributed by atoms with Crippen LogP contribution >= 0.6 is 0 Å². The summed E-state index contributed by atoms with van der Waals surface area (Å²) in [5.41, 5.74) is 4.88. The van der Waals surface area contributed by atoms with E-state index in [4.69, 9.17) is 21.3 Å². The second-order valence-electron chi connectivity index (χ2n) is 11.8. The van der Waals surface area contributed by atoms with Crippen molar-refractivity contribution in [2.75, 3.05) is 13.1 Å². The molecule has 214 valence electrons. The Morgan fingerprint density at radius 1 is 1.07 bits per heavy atom. The molecular weight excluding hydrogens is 533 g/mol. The molecule has 0 radical (unpaired) electrons. The monoisotopic (exact) mass is 565 g/mol. The van der Waals surface area contributed by atoms with E-state index in [-0.39, 0.29) is 11.8 Å². The third-order valence-corrected chi connectivity index (χ3v) is 7.77. The molecule has 3 aromatic heterocycles. The maximum Gasteiger partial charge on any atom is 0.410 e. The van der Waals surface area contributed by atoms with E-state index in [1.165, 1.54) is 12.1 Å². The van der Waals surface area contributed by atoms with Crippen LogP contribution in [0.3, 0.4) is 0 Å². The molecule has 0 bridgehead atoms. The zero-order valence-electron chi connectivity index (χ0n) is 24.1. The van der Waals surface area contributed by atoms with Gasteiger partial charge in [0, 0.05) is 43.2 Å². The van der Waals surface area contributed by atoms with E-state index >= 15 is 0 Å². The van der Waals surface area contributed by atoms with Gasteiger partial charge < -0.3 is 14.2 Å². The van der Waals surface area contributed by atoms with Crippen LogP contribution in [0.1, 0.15) is 33.6 Å². The molecule has 0 saturated carbocycles. The summed E-state index contributed by atoms with van der Waals surface area (Å²) in [4.78, 5) is 27.3. The van der Waals surface area contributed by atoms with Crippen LogP contribution in [0.5, 0.6) is 0 Å². The Balaban J connectivity index is 1.35. The van der Waals surface area contributed by atoms with Crippen LogP contribution in [-0.2, 0) is 18.3 Å². The number of rotatable bonds is 4. The lowest BCUT2D eigenvalue weighted by Crippen LogP contribution is -2.42. The van der Waals surface area contributed by atoms with Crippen molar-refractivity contribution in [1.82, 2.24) is 29.2 Å². The second kappa shape index (κ2) is 10.6. The predicted molar refractivity (Wildman–Crippen MR) is 159 cm³/mol. The number of benzene rings is 2. The van der Waals surface area contributed by atoms with Crippen molar-refractivity contribution < 1.29 is 13.9 Å². The highest BCUT2D eigenvalue weighted by Gasteiger charge is 2.28. The number of aromatic nitrogens is 5. The van der Waals surface area contributed by atoms with E-state index in [9.17, 15) is 9.18 Å². The van der Waals surface area contributed by atoms with Crippen molar-refractivity contribution >= 4 is 33.7 Å². The quantitative estimate of drug-likeness (QED) is 0.219. The molecule has 1 fully saturated rings. The normalized spacial score (nSPS) is 14.4. The number of likely N-dealkylation sites (tertiary alicyclic amines) is 1. The number of piperidine rings is 1. The number of nitrogens with zero attached hydrogens (tertiary/aromatic N) is 7. The van der Waals surface area contributed by atoms with Gasteiger partial charge in [-0.2, -0.15) is 5.10 Å². The van der Waals surface area contributed by atoms with Gasteiger partial charge in [-0.25, -0.2) is 19.0 Å². The number of amides is 1. The van der Waals surface area contributed by atoms with Gasteiger partial charge in [0.15, 0.2) is 0 Å². The van der Waals surface area contributed by atoms with Crippen LogP contribution in [0.4, 0.5) is 14.9 Å². The van der Waals surface area contributed by atoms with Gasteiger partial charge in [-0.3, -0.25) is 9.67 Å². The van der Waals surface area contributed by atoms with Crippen LogP contribution in [0, 0.1) is 18.3 Å². The van der Waals surface area contributed by atoms with Gasteiger partial charge in [-0.05, 0) is 63.3 Å². The predicted octanol–water partition coefficient (Wildman–Crippen LogP) is 6.99. The smallest absolute Gasteiger partial charge is 0.410 e. The van der Waals surface area contributed by atoms with Gasteiger partial charge >= 0.3 is 6.09 Å². The fourth-order valence-electron chi connectivity index (χ4n) is 5.63. The van der Waals surface area contributed by atoms with Crippen LogP contribution < -0.4 is 0 Å². The molecule has 1 saturated heterocycles. The Bertz CT molecular complexity index is 1850. The minimum atomic E-state index is -0.579. The number of imidazole rings is 1. The van der Waals surface area contributed by atoms with Gasteiger partial charge in [0.1, 0.15) is 16.9 Å². The molecule has 5 aromatic rings. The largest absolute Gasteiger partial charge is 0.444 e. The summed E-state index contributed by atoms with van der Waals surface area (Å²) in [5.74, 6) is -0.225. The number of halogens is 1. The fourth-order valence-corrected chi connectivity index (χ4v) is 5.63. The maximum absolute atomic E-state index is 14.9. The highest BCUT2D eigenvalue weighted by Crippen LogP contribution is 2.38. The molecule has 4 heterocycles. The van der Waals surface area contributed by atoms with Gasteiger partial charge in [0.2, 0.25) is 5.69 Å². The molecule has 0 spiro atoms. The van der Waals surface area contributed by atoms with Gasteiger partial charge in [0.25, 0.3) is 0 Å². The Kier molecular flexibility index (Phi) is 6.89. The summed E-state index contributed by atoms with van der Waals surface area (Å²) < 4.78 is 24.3. The number of hydrogen-bond donors (Lipinski definition) is 0. The molecule has 2 aromatic carbocycles. The minimum Gasteiger partial charge on any atom is -0.444 e. The summed E-state index contributed by atoms with van der Waals surface area (Å²) in [6, 6.07) is 10.7. The summed E-state index contributed by atoms with van der Waals surface area (Å²) in [7, 11) is 1.90. The van der Waals surface area contributed by atoms with Gasteiger partial charge in [-0.1, -0.05) is 18.2 Å². The van der Waals surface area contributed by atoms with Crippen LogP contribution in [0.2, 0.25) is 0 Å². The number of carbonyl (C=O) groups is 1. The Morgan fingerprint density at radius 3 is 2.55 bits per heavy atom. The number of fused-ring (bicyclic) bond motifs is 2. The lowest BCUT2D eigenvalue weighted by Gasteiger charge is -2.33. The summed E-state index contributed by atoms with van der Waals surface area (Å²) in [5, 5.41) is 5.33. The van der Waals surface area contributed by atoms with Crippen molar-refractivity contribution in [3.63, 3.8) is 0 Å². The summed E-state index contributed by atoms with van der Waals surface area (Å²) in [6.45, 7) is 14.9. The van der Waals surface area contributed by atoms with E-state index in [2.05, 4.69) is 14.5 Å². The highest BCUT2D eigenvalue weighted by atomic mass is 19.1. The second-order valence-corrected chi connectivity index (χ2v) is 11.8. The van der Waals surface area contributed by atoms with Crippen LogP contribution in [0.25, 0.3) is 49.2 Å². The fraction of sp³-hybridized carbons (Fsp3) is 0.344. The molecule has 0 atom stereocenters. The summed E-state index contributed by atoms with van der Waals surface area (Å²) in [6.07, 6.45) is 6.89. The van der Waals surface area contributed by atoms with E-state index in [0.29, 0.717) is 41.3 Å². The number of ether oxygens (including phenoxy) is 1. The van der Waals surface area contributed by atoms with Gasteiger partial charge in [-0.15, -0.1) is 0 Å². The molecule has 6 rings (SSSR count). The zero-order chi connectivity index (χ0) is 29.6. The lowest BCUT2D eigenvalue weighted by atomic mass is 9.96. The van der Waals surface area contributed by atoms with Gasteiger partial charge in [0.05, 0.1) is 42.0 Å². The van der Waals surface area contributed by atoms with E-state index in [0.717, 1.165) is 41.4 Å². The molecule has 0 aliphatic carbocycles. The van der Waals surface area contributed by atoms with Crippen LogP contribution in [-0.4, -0.2) is 54.0 Å². The highest BCUT2D eigenvalue weighted by molar-refractivity contribution is 6.00. The molecule has 1 amide bonds. The number of pyridine rings is 1. The number of carbonyl (C=O) groups excluding carboxylic acids is 1. The first-order chi connectivity index (χ1) is 20.1. The first-order valence-corrected chi connectivity index (χ1v) is 14.0. The first-order valence-electron chi connectivity index (χ1n) is 14.0. The maximum atomic E-state index is 14.9. The molecule has 9 nitrogen and oxygen atoms in total. The standard InChI is InChI=1S/C32H32FN7O2/c1-32(2,3)42-31(41)39-12-10-20(11-13-39)18-40-19-36-30-27(40)17-35-29(22-7-9-26-23(14-22)16-37-38(26)5)28(30)21-6-8-25(34-4)24(33)15-21/h6-9,14-17,19-20H,10-13,18H2,1-3,5H3. The van der Waals surface area contributed by atoms with Crippen molar-refractivity contribution in [2.24, 2.45) is 13.0 Å². The molecule has 0 N–H and O–H groups in total. The van der Waals surface area contributed by atoms with Crippen LogP contribution in [0.15, 0.2) is 55.1 Å². The third kappa shape index (κ3) is 5.18. The third-order valence-electron chi connectivity index (χ3n) is 7.77. The molecule has 0 unspecified atom stereocenters. The molecule has 42 heavy (non-hydrogen) atoms. The van der Waals surface area contributed by atoms with E-state index in [1.807, 2.05) is 69.4 Å². The Morgan fingerprint density at radius 2 is 1.83 bits per heavy atom. The minimum absolute atomic E-state index is 0.0273. The summed E-state index contributed by atoms with van der Waals surface area (Å²) >= 11 is 0. The Hall–Kier alpha value is -4.78. The zero-order valence-corrected chi connectivity index (χ0v) is 24.1. The lowest BCUT2D eigenvalue weighted by molar-refractivity contribution is 0.0178. The van der Waals surface area contributed by atoms with Crippen molar-refractivity contribution in [1.29, 1.82) is 0 Å². The molecular formula is C32H32FN7O2. The molecule has 10 heteroatoms. The SMILES string of the molecule is [C-]#[N+]c1ccc(-c2c(-c3ccc4c(cnn4C)c3)ncc3c2ncn3CC2CCN(C(=O)OC(C)(C)C)CC2)cc1F. The number of aryl methyl sites for hydroxylation is 1. The molecule has 1 aliphatic heterocycles. The van der Waals surface area contributed by atoms with E-state index in [1.54, 1.807) is 11.0 Å². The average Bonchev–Trinajstić information content (AvgIpc) is 3.54. The topological polar surface area (TPSA) is 82.4 Å². The van der Waals surface area contributed by atoms with Crippen molar-refractivity contribution in [3.05, 3.63) is 72.4 Å².